The Bertz CT molecular complexity index is 618. The van der Waals surface area contributed by atoms with Crippen molar-refractivity contribution in [3.63, 3.8) is 0 Å². The molecule has 0 saturated heterocycles. The van der Waals surface area contributed by atoms with Crippen LogP contribution in [0.4, 0.5) is 4.39 Å². The number of rotatable bonds is 3. The Balaban J connectivity index is 2.04. The van der Waals surface area contributed by atoms with Crippen LogP contribution in [0.5, 0.6) is 0 Å². The van der Waals surface area contributed by atoms with Crippen LogP contribution in [0, 0.1) is 5.82 Å². The summed E-state index contributed by atoms with van der Waals surface area (Å²) < 4.78 is 14.1. The van der Waals surface area contributed by atoms with Crippen LogP contribution in [0.2, 0.25) is 0 Å². The molecule has 1 amide bonds. The molecule has 0 aliphatic heterocycles. The van der Waals surface area contributed by atoms with E-state index in [1.54, 1.807) is 12.1 Å². The van der Waals surface area contributed by atoms with Gasteiger partial charge in [-0.15, -0.1) is 0 Å². The van der Waals surface area contributed by atoms with E-state index in [9.17, 15) is 9.18 Å². The van der Waals surface area contributed by atoms with Crippen molar-refractivity contribution < 1.29 is 9.18 Å². The molecule has 0 fully saturated rings. The van der Waals surface area contributed by atoms with Crippen molar-refractivity contribution in [3.05, 3.63) is 58.3 Å². The maximum absolute atomic E-state index is 13.4. The molecule has 1 N–H and O–H groups in total. The van der Waals surface area contributed by atoms with Crippen molar-refractivity contribution in [2.24, 2.45) is 5.10 Å². The lowest BCUT2D eigenvalue weighted by Crippen LogP contribution is -2.19. The SMILES string of the molecule is O=C(N/N=C\c1cc(Br)ccc1F)c1cnccn1. The molecule has 2 aromatic rings. The third kappa shape index (κ3) is 3.65. The fourth-order valence-electron chi connectivity index (χ4n) is 1.25. The van der Waals surface area contributed by atoms with Gasteiger partial charge in [0.2, 0.25) is 0 Å². The molecule has 1 heterocycles. The van der Waals surface area contributed by atoms with E-state index in [1.165, 1.54) is 30.9 Å². The van der Waals surface area contributed by atoms with Crippen LogP contribution in [0.25, 0.3) is 0 Å². The molecule has 0 unspecified atom stereocenters. The summed E-state index contributed by atoms with van der Waals surface area (Å²) in [7, 11) is 0. The van der Waals surface area contributed by atoms with Gasteiger partial charge in [0.1, 0.15) is 11.5 Å². The van der Waals surface area contributed by atoms with Crippen molar-refractivity contribution in [2.75, 3.05) is 0 Å². The first-order chi connectivity index (χ1) is 9.16. The second kappa shape index (κ2) is 6.14. The smallest absolute Gasteiger partial charge is 0.265 e. The summed E-state index contributed by atoms with van der Waals surface area (Å²) in [6.07, 6.45) is 5.38. The molecule has 0 saturated carbocycles. The largest absolute Gasteiger partial charge is 0.291 e. The molecule has 1 aromatic carbocycles. The average Bonchev–Trinajstić information content (AvgIpc) is 2.43. The van der Waals surface area contributed by atoms with Crippen molar-refractivity contribution in [2.45, 2.75) is 0 Å². The fraction of sp³-hybridized carbons (Fsp3) is 0. The average molecular weight is 323 g/mol. The topological polar surface area (TPSA) is 67.2 Å². The maximum atomic E-state index is 13.4. The zero-order chi connectivity index (χ0) is 13.7. The van der Waals surface area contributed by atoms with Crippen LogP contribution < -0.4 is 5.43 Å². The van der Waals surface area contributed by atoms with Crippen molar-refractivity contribution in [3.8, 4) is 0 Å². The minimum absolute atomic E-state index is 0.134. The molecule has 19 heavy (non-hydrogen) atoms. The lowest BCUT2D eigenvalue weighted by molar-refractivity contribution is 0.0949. The van der Waals surface area contributed by atoms with Crippen LogP contribution in [-0.4, -0.2) is 22.1 Å². The van der Waals surface area contributed by atoms with E-state index in [0.717, 1.165) is 4.47 Å². The molecule has 0 atom stereocenters. The first-order valence-electron chi connectivity index (χ1n) is 5.21. The van der Waals surface area contributed by atoms with Crippen molar-refractivity contribution >= 4 is 28.1 Å². The summed E-state index contributed by atoms with van der Waals surface area (Å²) in [6.45, 7) is 0. The van der Waals surface area contributed by atoms with E-state index in [1.807, 2.05) is 0 Å². The monoisotopic (exact) mass is 322 g/mol. The Morgan fingerprint density at radius 2 is 2.26 bits per heavy atom. The van der Waals surface area contributed by atoms with E-state index < -0.39 is 11.7 Å². The standard InChI is InChI=1S/C12H8BrFN4O/c13-9-1-2-10(14)8(5-9)6-17-18-12(19)11-7-15-3-4-16-11/h1-7H,(H,18,19)/b17-6-. The Hall–Kier alpha value is -2.15. The summed E-state index contributed by atoms with van der Waals surface area (Å²) in [5.41, 5.74) is 2.63. The molecule has 5 nitrogen and oxygen atoms in total. The van der Waals surface area contributed by atoms with Gasteiger partial charge in [0.25, 0.3) is 5.91 Å². The van der Waals surface area contributed by atoms with Gasteiger partial charge in [0.05, 0.1) is 12.4 Å². The summed E-state index contributed by atoms with van der Waals surface area (Å²) >= 11 is 3.22. The zero-order valence-corrected chi connectivity index (χ0v) is 11.1. The highest BCUT2D eigenvalue weighted by atomic mass is 79.9. The van der Waals surface area contributed by atoms with Gasteiger partial charge >= 0.3 is 0 Å². The summed E-state index contributed by atoms with van der Waals surface area (Å²) in [5.74, 6) is -0.944. The molecule has 7 heteroatoms. The molecule has 2 rings (SSSR count). The lowest BCUT2D eigenvalue weighted by Gasteiger charge is -1.99. The summed E-state index contributed by atoms with van der Waals surface area (Å²) in [4.78, 5) is 19.1. The van der Waals surface area contributed by atoms with Gasteiger partial charge in [0, 0.05) is 22.4 Å². The summed E-state index contributed by atoms with van der Waals surface area (Å²) in [5, 5.41) is 3.67. The third-order valence-corrected chi connectivity index (χ3v) is 2.62. The fourth-order valence-corrected chi connectivity index (χ4v) is 1.63. The molecule has 1 aromatic heterocycles. The van der Waals surface area contributed by atoms with Crippen molar-refractivity contribution in [1.29, 1.82) is 0 Å². The van der Waals surface area contributed by atoms with E-state index >= 15 is 0 Å². The van der Waals surface area contributed by atoms with Gasteiger partial charge < -0.3 is 0 Å². The molecule has 0 aliphatic carbocycles. The van der Waals surface area contributed by atoms with E-state index in [4.69, 9.17) is 0 Å². The lowest BCUT2D eigenvalue weighted by atomic mass is 10.2. The number of nitrogens with one attached hydrogen (secondary N) is 1. The van der Waals surface area contributed by atoms with E-state index in [0.29, 0.717) is 0 Å². The molecular formula is C12H8BrFN4O. The zero-order valence-electron chi connectivity index (χ0n) is 9.55. The van der Waals surface area contributed by atoms with E-state index in [2.05, 4.69) is 36.4 Å². The Morgan fingerprint density at radius 1 is 1.42 bits per heavy atom. The first kappa shape index (κ1) is 13.3. The molecule has 0 aliphatic rings. The van der Waals surface area contributed by atoms with Crippen LogP contribution in [-0.2, 0) is 0 Å². The van der Waals surface area contributed by atoms with Gasteiger partial charge in [0.15, 0.2) is 0 Å². The van der Waals surface area contributed by atoms with Gasteiger partial charge in [-0.2, -0.15) is 5.10 Å². The molecule has 0 radical (unpaired) electrons. The van der Waals surface area contributed by atoms with Crippen LogP contribution in [0.15, 0.2) is 46.4 Å². The maximum Gasteiger partial charge on any atom is 0.291 e. The summed E-state index contributed by atoms with van der Waals surface area (Å²) in [6, 6.07) is 4.42. The number of carbonyl (C=O) groups excluding carboxylic acids is 1. The Labute approximate surface area is 116 Å². The normalized spacial score (nSPS) is 10.6. The molecule has 96 valence electrons. The molecule has 0 spiro atoms. The van der Waals surface area contributed by atoms with E-state index in [-0.39, 0.29) is 11.3 Å². The van der Waals surface area contributed by atoms with Crippen LogP contribution in [0.1, 0.15) is 16.1 Å². The number of aromatic nitrogens is 2. The number of benzene rings is 1. The van der Waals surface area contributed by atoms with Gasteiger partial charge in [-0.1, -0.05) is 15.9 Å². The minimum atomic E-state index is -0.514. The minimum Gasteiger partial charge on any atom is -0.265 e. The Morgan fingerprint density at radius 3 is 3.00 bits per heavy atom. The second-order valence-electron chi connectivity index (χ2n) is 3.46. The first-order valence-corrected chi connectivity index (χ1v) is 6.00. The number of hydrogen-bond donors (Lipinski definition) is 1. The van der Waals surface area contributed by atoms with Crippen LogP contribution in [0.3, 0.4) is 0 Å². The highest BCUT2D eigenvalue weighted by molar-refractivity contribution is 9.10. The van der Waals surface area contributed by atoms with Crippen molar-refractivity contribution in [1.82, 2.24) is 15.4 Å². The third-order valence-electron chi connectivity index (χ3n) is 2.12. The number of hydrazone groups is 1. The molecule has 0 bridgehead atoms. The van der Waals surface area contributed by atoms with Gasteiger partial charge in [-0.25, -0.2) is 14.8 Å². The predicted molar refractivity (Wildman–Crippen MR) is 71.2 cm³/mol. The molecular weight excluding hydrogens is 315 g/mol. The van der Waals surface area contributed by atoms with Crippen LogP contribution >= 0.6 is 15.9 Å². The second-order valence-corrected chi connectivity index (χ2v) is 4.37. The number of nitrogens with zero attached hydrogens (tertiary/aromatic N) is 3. The highest BCUT2D eigenvalue weighted by Crippen LogP contribution is 2.13. The Kier molecular flexibility index (Phi) is 4.30. The number of amides is 1. The number of carbonyl (C=O) groups is 1. The van der Waals surface area contributed by atoms with Gasteiger partial charge in [-0.3, -0.25) is 9.78 Å². The highest BCUT2D eigenvalue weighted by Gasteiger charge is 2.05. The van der Waals surface area contributed by atoms with Gasteiger partial charge in [-0.05, 0) is 18.2 Å². The number of hydrogen-bond acceptors (Lipinski definition) is 4. The number of halogens is 2. The quantitative estimate of drug-likeness (QED) is 0.695. The predicted octanol–water partition coefficient (Wildman–Crippen LogP) is 2.14.